The lowest BCUT2D eigenvalue weighted by molar-refractivity contribution is -0.0435. The average molecular weight is 247 g/mol. The van der Waals surface area contributed by atoms with Crippen LogP contribution >= 0.6 is 0 Å². The van der Waals surface area contributed by atoms with Gasteiger partial charge in [-0.05, 0) is 18.4 Å². The lowest BCUT2D eigenvalue weighted by Gasteiger charge is -1.98. The maximum Gasteiger partial charge on any atom is 0.504 e. The third-order valence-corrected chi connectivity index (χ3v) is 2.14. The highest BCUT2D eigenvalue weighted by molar-refractivity contribution is 7.90. The first-order valence-electron chi connectivity index (χ1n) is 3.76. The predicted molar refractivity (Wildman–Crippen MR) is 44.2 cm³/mol. The van der Waals surface area contributed by atoms with Crippen LogP contribution in [-0.4, -0.2) is 27.1 Å². The first kappa shape index (κ1) is 14.0. The quantitative estimate of drug-likeness (QED) is 0.402. The fourth-order valence-corrected chi connectivity index (χ4v) is 0.793. The Hall–Kier alpha value is -0.990. The molecule has 0 spiro atoms. The smallest absolute Gasteiger partial charge is 0.381 e. The van der Waals surface area contributed by atoms with E-state index in [1.165, 1.54) is 17.8 Å². The van der Waals surface area contributed by atoms with Crippen LogP contribution in [-0.2, 0) is 14.8 Å². The standard InChI is InChI=1S/C4H8O.CF3N3O2S/c1-2-4-5-3-1;2-1(3,4)10(8,9)7-6-5/h1-4H2;. The zero-order valence-electron chi connectivity index (χ0n) is 7.44. The van der Waals surface area contributed by atoms with E-state index in [0.29, 0.717) is 0 Å². The highest BCUT2D eigenvalue weighted by atomic mass is 32.2. The molecular formula is C5H8F3N3O3S. The second kappa shape index (κ2) is 5.79. The Kier molecular flexibility index (Phi) is 5.40. The van der Waals surface area contributed by atoms with Crippen molar-refractivity contribution in [3.63, 3.8) is 0 Å². The second-order valence-corrected chi connectivity index (χ2v) is 3.99. The van der Waals surface area contributed by atoms with Crippen LogP contribution in [0.2, 0.25) is 0 Å². The molecule has 88 valence electrons. The van der Waals surface area contributed by atoms with Gasteiger partial charge in [-0.25, -0.2) is 8.42 Å². The fourth-order valence-electron chi connectivity index (χ4n) is 0.605. The molecule has 1 saturated heterocycles. The van der Waals surface area contributed by atoms with Crippen molar-refractivity contribution in [2.45, 2.75) is 18.3 Å². The summed E-state index contributed by atoms with van der Waals surface area (Å²) in [6, 6.07) is 0. The van der Waals surface area contributed by atoms with E-state index in [4.69, 9.17) is 10.3 Å². The number of hydrogen-bond donors (Lipinski definition) is 0. The molecule has 0 amide bonds. The molecule has 0 aliphatic carbocycles. The number of rotatable bonds is 1. The molecule has 1 rings (SSSR count). The molecule has 0 bridgehead atoms. The van der Waals surface area contributed by atoms with Crippen molar-refractivity contribution in [1.82, 2.24) is 0 Å². The minimum Gasteiger partial charge on any atom is -0.381 e. The van der Waals surface area contributed by atoms with Crippen LogP contribution in [0, 0.1) is 0 Å². The molecular weight excluding hydrogens is 239 g/mol. The summed E-state index contributed by atoms with van der Waals surface area (Å²) in [4.78, 5) is 1.49. The van der Waals surface area contributed by atoms with E-state index in [1.54, 1.807) is 4.52 Å². The Bertz CT molecular complexity index is 322. The van der Waals surface area contributed by atoms with Gasteiger partial charge in [0, 0.05) is 22.6 Å². The summed E-state index contributed by atoms with van der Waals surface area (Å²) in [6.07, 6.45) is 2.56. The van der Waals surface area contributed by atoms with Crippen LogP contribution in [0.3, 0.4) is 0 Å². The van der Waals surface area contributed by atoms with Crippen molar-refractivity contribution in [2.24, 2.45) is 4.52 Å². The lowest BCUT2D eigenvalue weighted by Crippen LogP contribution is -2.19. The average Bonchev–Trinajstić information content (AvgIpc) is 2.57. The van der Waals surface area contributed by atoms with Crippen LogP contribution in [0.15, 0.2) is 4.52 Å². The summed E-state index contributed by atoms with van der Waals surface area (Å²) in [5.41, 5.74) is 1.84. The molecule has 0 N–H and O–H groups in total. The number of azide groups is 1. The van der Waals surface area contributed by atoms with E-state index in [-0.39, 0.29) is 0 Å². The number of ether oxygens (including phenoxy) is 1. The summed E-state index contributed by atoms with van der Waals surface area (Å²) in [5, 5.41) is 0. The van der Waals surface area contributed by atoms with E-state index < -0.39 is 15.5 Å². The molecule has 0 aromatic heterocycles. The van der Waals surface area contributed by atoms with E-state index in [2.05, 4.69) is 0 Å². The Balaban J connectivity index is 0.000000322. The van der Waals surface area contributed by atoms with Gasteiger partial charge in [0.1, 0.15) is 0 Å². The first-order chi connectivity index (χ1) is 6.81. The topological polar surface area (TPSA) is 92.1 Å². The zero-order valence-corrected chi connectivity index (χ0v) is 8.25. The van der Waals surface area contributed by atoms with Gasteiger partial charge in [-0.15, -0.1) is 0 Å². The Morgan fingerprint density at radius 2 is 1.73 bits per heavy atom. The van der Waals surface area contributed by atoms with Crippen molar-refractivity contribution in [3.8, 4) is 0 Å². The van der Waals surface area contributed by atoms with Crippen LogP contribution in [0.25, 0.3) is 10.4 Å². The lowest BCUT2D eigenvalue weighted by atomic mass is 10.4. The molecule has 0 aromatic rings. The molecule has 0 atom stereocenters. The monoisotopic (exact) mass is 247 g/mol. The van der Waals surface area contributed by atoms with Crippen LogP contribution in [0.4, 0.5) is 13.2 Å². The minimum absolute atomic E-state index is 1.00. The van der Waals surface area contributed by atoms with Crippen LogP contribution < -0.4 is 0 Å². The summed E-state index contributed by atoms with van der Waals surface area (Å²) in [7, 11) is -5.64. The molecule has 6 nitrogen and oxygen atoms in total. The highest BCUT2D eigenvalue weighted by Crippen LogP contribution is 2.24. The van der Waals surface area contributed by atoms with E-state index >= 15 is 0 Å². The largest absolute Gasteiger partial charge is 0.504 e. The molecule has 10 heteroatoms. The minimum atomic E-state index is -5.64. The molecule has 0 aromatic carbocycles. The van der Waals surface area contributed by atoms with Crippen molar-refractivity contribution < 1.29 is 26.3 Å². The van der Waals surface area contributed by atoms with Crippen molar-refractivity contribution in [1.29, 1.82) is 0 Å². The van der Waals surface area contributed by atoms with Gasteiger partial charge in [-0.3, -0.25) is 0 Å². The molecule has 1 aliphatic heterocycles. The van der Waals surface area contributed by atoms with Crippen molar-refractivity contribution in [2.75, 3.05) is 13.2 Å². The van der Waals surface area contributed by atoms with Crippen LogP contribution in [0.5, 0.6) is 0 Å². The highest BCUT2D eigenvalue weighted by Gasteiger charge is 2.45. The summed E-state index contributed by atoms with van der Waals surface area (Å²) >= 11 is 0. The maximum absolute atomic E-state index is 11.2. The van der Waals surface area contributed by atoms with Crippen molar-refractivity contribution in [3.05, 3.63) is 10.4 Å². The fraction of sp³-hybridized carbons (Fsp3) is 1.00. The summed E-state index contributed by atoms with van der Waals surface area (Å²) in [6.45, 7) is 2.00. The number of hydrogen-bond acceptors (Lipinski definition) is 3. The summed E-state index contributed by atoms with van der Waals surface area (Å²) in [5.74, 6) is 0. The number of nitrogens with zero attached hydrogens (tertiary/aromatic N) is 3. The first-order valence-corrected chi connectivity index (χ1v) is 5.20. The number of halogens is 3. The third kappa shape index (κ3) is 5.45. The second-order valence-electron chi connectivity index (χ2n) is 2.41. The molecule has 0 unspecified atom stereocenters. The SMILES string of the molecule is C1CCOC1.[N-]=[N+]=NS(=O)(=O)C(F)(F)F. The van der Waals surface area contributed by atoms with Gasteiger partial charge < -0.3 is 4.74 Å². The van der Waals surface area contributed by atoms with Crippen molar-refractivity contribution >= 4 is 10.0 Å². The Labute approximate surface area is 83.7 Å². The Morgan fingerprint density at radius 3 is 1.87 bits per heavy atom. The number of sulfonamides is 1. The molecule has 15 heavy (non-hydrogen) atoms. The number of alkyl halides is 3. The van der Waals surface area contributed by atoms with Gasteiger partial charge in [-0.1, -0.05) is 0 Å². The molecule has 1 fully saturated rings. The third-order valence-electron chi connectivity index (χ3n) is 1.26. The Morgan fingerprint density at radius 1 is 1.27 bits per heavy atom. The van der Waals surface area contributed by atoms with Gasteiger partial charge in [0.15, 0.2) is 0 Å². The van der Waals surface area contributed by atoms with E-state index in [1.807, 2.05) is 0 Å². The maximum atomic E-state index is 11.2. The van der Waals surface area contributed by atoms with Gasteiger partial charge in [0.05, 0.1) is 0 Å². The normalized spacial score (nSPS) is 16.2. The van der Waals surface area contributed by atoms with Gasteiger partial charge in [-0.2, -0.15) is 13.2 Å². The van der Waals surface area contributed by atoms with Gasteiger partial charge in [0.2, 0.25) is 0 Å². The molecule has 1 heterocycles. The van der Waals surface area contributed by atoms with E-state index in [9.17, 15) is 21.6 Å². The summed E-state index contributed by atoms with van der Waals surface area (Å²) < 4.78 is 59.4. The molecule has 0 saturated carbocycles. The predicted octanol–water partition coefficient (Wildman–Crippen LogP) is 1.94. The van der Waals surface area contributed by atoms with Gasteiger partial charge >= 0.3 is 15.5 Å². The van der Waals surface area contributed by atoms with Gasteiger partial charge in [0.25, 0.3) is 0 Å². The molecule has 1 aliphatic rings. The van der Waals surface area contributed by atoms with E-state index in [0.717, 1.165) is 13.2 Å². The molecule has 0 radical (unpaired) electrons. The van der Waals surface area contributed by atoms with Crippen LogP contribution in [0.1, 0.15) is 12.8 Å². The zero-order chi connectivity index (χ0) is 11.9.